The molecule has 1 aromatic carbocycles. The number of fused-ring (bicyclic) bond motifs is 1. The van der Waals surface area contributed by atoms with Crippen LogP contribution in [0.15, 0.2) is 18.2 Å². The van der Waals surface area contributed by atoms with Crippen LogP contribution in [0.3, 0.4) is 0 Å². The summed E-state index contributed by atoms with van der Waals surface area (Å²) in [6.45, 7) is 3.40. The number of carbonyl (C=O) groups is 2. The van der Waals surface area contributed by atoms with E-state index in [9.17, 15) is 9.59 Å². The van der Waals surface area contributed by atoms with E-state index < -0.39 is 0 Å². The minimum atomic E-state index is -0.0586. The fourth-order valence-electron chi connectivity index (χ4n) is 3.20. The van der Waals surface area contributed by atoms with Gasteiger partial charge in [-0.2, -0.15) is 0 Å². The van der Waals surface area contributed by atoms with E-state index >= 15 is 0 Å². The van der Waals surface area contributed by atoms with Gasteiger partial charge in [0.2, 0.25) is 11.8 Å². The highest BCUT2D eigenvalue weighted by molar-refractivity contribution is 5.82. The first-order valence-corrected chi connectivity index (χ1v) is 8.92. The highest BCUT2D eigenvalue weighted by Gasteiger charge is 2.38. The van der Waals surface area contributed by atoms with Crippen LogP contribution < -0.4 is 15.4 Å². The Balaban J connectivity index is 1.26. The normalized spacial score (nSPS) is 21.0. The number of nitrogens with one attached hydrogen (secondary N) is 2. The van der Waals surface area contributed by atoms with Gasteiger partial charge in [-0.3, -0.25) is 9.59 Å². The fourth-order valence-corrected chi connectivity index (χ4v) is 3.20. The van der Waals surface area contributed by atoms with Gasteiger partial charge in [0.1, 0.15) is 12.4 Å². The van der Waals surface area contributed by atoms with Crippen LogP contribution >= 0.6 is 0 Å². The van der Waals surface area contributed by atoms with E-state index in [0.717, 1.165) is 18.6 Å². The third-order valence-electron chi connectivity index (χ3n) is 4.86. The summed E-state index contributed by atoms with van der Waals surface area (Å²) in [6.07, 6.45) is 4.81. The zero-order valence-electron chi connectivity index (χ0n) is 14.3. The van der Waals surface area contributed by atoms with Crippen molar-refractivity contribution in [3.63, 3.8) is 0 Å². The van der Waals surface area contributed by atoms with E-state index in [2.05, 4.69) is 29.7 Å². The van der Waals surface area contributed by atoms with Gasteiger partial charge in [-0.1, -0.05) is 13.0 Å². The standard InChI is InChI=1S/C19H26N2O3/c1-13-11-17(13)19(23)21-8-7-18(22)20-9-10-24-16-6-5-14-3-2-4-15(14)12-16/h5-6,12-13,17H,2-4,7-11H2,1H3,(H,20,22)(H,21,23). The lowest BCUT2D eigenvalue weighted by atomic mass is 10.1. The lowest BCUT2D eigenvalue weighted by molar-refractivity contribution is -0.123. The molecular weight excluding hydrogens is 304 g/mol. The third kappa shape index (κ3) is 4.49. The minimum absolute atomic E-state index is 0.0586. The first-order chi connectivity index (χ1) is 11.6. The summed E-state index contributed by atoms with van der Waals surface area (Å²) in [5.41, 5.74) is 2.82. The molecule has 2 unspecified atom stereocenters. The van der Waals surface area contributed by atoms with Crippen molar-refractivity contribution in [1.29, 1.82) is 0 Å². The summed E-state index contributed by atoms with van der Waals surface area (Å²) in [6, 6.07) is 6.25. The van der Waals surface area contributed by atoms with Crippen LogP contribution in [0.25, 0.3) is 0 Å². The molecule has 130 valence electrons. The lowest BCUT2D eigenvalue weighted by Gasteiger charge is -2.09. The van der Waals surface area contributed by atoms with Crippen molar-refractivity contribution in [2.45, 2.75) is 39.0 Å². The number of rotatable bonds is 8. The molecule has 5 nitrogen and oxygen atoms in total. The molecule has 0 heterocycles. The Bertz CT molecular complexity index is 615. The van der Waals surface area contributed by atoms with E-state index in [1.807, 2.05) is 6.07 Å². The molecule has 2 aliphatic carbocycles. The van der Waals surface area contributed by atoms with E-state index in [-0.39, 0.29) is 17.7 Å². The Morgan fingerprint density at radius 1 is 1.17 bits per heavy atom. The monoisotopic (exact) mass is 330 g/mol. The number of carbonyl (C=O) groups excluding carboxylic acids is 2. The molecule has 1 aromatic rings. The Morgan fingerprint density at radius 2 is 1.96 bits per heavy atom. The van der Waals surface area contributed by atoms with Crippen LogP contribution in [-0.4, -0.2) is 31.5 Å². The van der Waals surface area contributed by atoms with Gasteiger partial charge in [0, 0.05) is 18.9 Å². The summed E-state index contributed by atoms with van der Waals surface area (Å²) in [7, 11) is 0. The molecular formula is C19H26N2O3. The van der Waals surface area contributed by atoms with E-state index in [4.69, 9.17) is 4.74 Å². The second-order valence-electron chi connectivity index (χ2n) is 6.84. The third-order valence-corrected chi connectivity index (χ3v) is 4.86. The molecule has 2 aliphatic rings. The van der Waals surface area contributed by atoms with Crippen LogP contribution in [0.1, 0.15) is 37.3 Å². The van der Waals surface area contributed by atoms with Crippen molar-refractivity contribution in [2.75, 3.05) is 19.7 Å². The molecule has 2 amide bonds. The number of benzene rings is 1. The van der Waals surface area contributed by atoms with Crippen molar-refractivity contribution in [1.82, 2.24) is 10.6 Å². The molecule has 24 heavy (non-hydrogen) atoms. The molecule has 1 saturated carbocycles. The molecule has 3 rings (SSSR count). The maximum atomic E-state index is 11.7. The van der Waals surface area contributed by atoms with Gasteiger partial charge in [-0.05, 0) is 54.9 Å². The van der Waals surface area contributed by atoms with Crippen LogP contribution in [0, 0.1) is 11.8 Å². The highest BCUT2D eigenvalue weighted by Crippen LogP contribution is 2.37. The molecule has 2 N–H and O–H groups in total. The van der Waals surface area contributed by atoms with Crippen LogP contribution in [0.2, 0.25) is 0 Å². The average Bonchev–Trinajstić information content (AvgIpc) is 3.12. The molecule has 1 fully saturated rings. The number of hydrogen-bond acceptors (Lipinski definition) is 3. The van der Waals surface area contributed by atoms with Crippen molar-refractivity contribution < 1.29 is 14.3 Å². The Labute approximate surface area is 143 Å². The molecule has 0 bridgehead atoms. The maximum Gasteiger partial charge on any atom is 0.223 e. The van der Waals surface area contributed by atoms with Crippen LogP contribution in [-0.2, 0) is 22.4 Å². The molecule has 0 saturated heterocycles. The van der Waals surface area contributed by atoms with Gasteiger partial charge in [0.25, 0.3) is 0 Å². The first kappa shape index (κ1) is 16.8. The van der Waals surface area contributed by atoms with Crippen LogP contribution in [0.5, 0.6) is 5.75 Å². The zero-order chi connectivity index (χ0) is 16.9. The second kappa shape index (κ2) is 7.69. The molecule has 5 heteroatoms. The van der Waals surface area contributed by atoms with Gasteiger partial charge >= 0.3 is 0 Å². The van der Waals surface area contributed by atoms with E-state index in [1.54, 1.807) is 0 Å². The largest absolute Gasteiger partial charge is 0.492 e. The number of aryl methyl sites for hydroxylation is 2. The quantitative estimate of drug-likeness (QED) is 0.715. The Morgan fingerprint density at radius 3 is 2.75 bits per heavy atom. The summed E-state index contributed by atoms with van der Waals surface area (Å²) in [4.78, 5) is 23.4. The predicted molar refractivity (Wildman–Crippen MR) is 91.9 cm³/mol. The molecule has 0 aromatic heterocycles. The first-order valence-electron chi connectivity index (χ1n) is 8.92. The fraction of sp³-hybridized carbons (Fsp3) is 0.579. The van der Waals surface area contributed by atoms with E-state index in [0.29, 0.717) is 32.0 Å². The van der Waals surface area contributed by atoms with Crippen molar-refractivity contribution in [3.8, 4) is 5.75 Å². The SMILES string of the molecule is CC1CC1C(=O)NCCC(=O)NCCOc1ccc2c(c1)CCC2. The topological polar surface area (TPSA) is 67.4 Å². The van der Waals surface area contributed by atoms with Crippen molar-refractivity contribution in [3.05, 3.63) is 29.3 Å². The van der Waals surface area contributed by atoms with Gasteiger partial charge in [0.05, 0.1) is 6.54 Å². The smallest absolute Gasteiger partial charge is 0.223 e. The molecule has 0 spiro atoms. The Hall–Kier alpha value is -2.04. The van der Waals surface area contributed by atoms with E-state index in [1.165, 1.54) is 24.0 Å². The van der Waals surface area contributed by atoms with Gasteiger partial charge in [-0.15, -0.1) is 0 Å². The van der Waals surface area contributed by atoms with Crippen molar-refractivity contribution in [2.24, 2.45) is 11.8 Å². The maximum absolute atomic E-state index is 11.7. The molecule has 2 atom stereocenters. The highest BCUT2D eigenvalue weighted by atomic mass is 16.5. The lowest BCUT2D eigenvalue weighted by Crippen LogP contribution is -2.33. The summed E-state index contributed by atoms with van der Waals surface area (Å²) in [5.74, 6) is 1.55. The number of hydrogen-bond donors (Lipinski definition) is 2. The molecule has 0 aliphatic heterocycles. The summed E-state index contributed by atoms with van der Waals surface area (Å²) in [5, 5.41) is 5.63. The molecule has 0 radical (unpaired) electrons. The number of ether oxygens (including phenoxy) is 1. The van der Waals surface area contributed by atoms with Gasteiger partial charge in [0.15, 0.2) is 0 Å². The van der Waals surface area contributed by atoms with Crippen molar-refractivity contribution >= 4 is 11.8 Å². The predicted octanol–water partition coefficient (Wildman–Crippen LogP) is 1.83. The van der Waals surface area contributed by atoms with Crippen LogP contribution in [0.4, 0.5) is 0 Å². The zero-order valence-corrected chi connectivity index (χ0v) is 14.3. The summed E-state index contributed by atoms with van der Waals surface area (Å²) < 4.78 is 5.69. The summed E-state index contributed by atoms with van der Waals surface area (Å²) >= 11 is 0. The average molecular weight is 330 g/mol. The Kier molecular flexibility index (Phi) is 5.38. The van der Waals surface area contributed by atoms with Gasteiger partial charge in [-0.25, -0.2) is 0 Å². The van der Waals surface area contributed by atoms with Gasteiger partial charge < -0.3 is 15.4 Å². The number of amides is 2. The second-order valence-corrected chi connectivity index (χ2v) is 6.84. The minimum Gasteiger partial charge on any atom is -0.492 e.